The molecule has 0 unspecified atom stereocenters. The number of benzene rings is 2. The SMILES string of the molecule is CC(C)CNC(=O)c1ccccc1NC(=O)c1ccc(F)c(F)c1. The van der Waals surface area contributed by atoms with Crippen LogP contribution in [-0.2, 0) is 0 Å². The van der Waals surface area contributed by atoms with Gasteiger partial charge in [0, 0.05) is 12.1 Å². The van der Waals surface area contributed by atoms with Crippen molar-refractivity contribution >= 4 is 17.5 Å². The highest BCUT2D eigenvalue weighted by molar-refractivity contribution is 6.09. The summed E-state index contributed by atoms with van der Waals surface area (Å²) in [4.78, 5) is 24.4. The third-order valence-electron chi connectivity index (χ3n) is 3.27. The molecule has 2 aromatic rings. The number of carbonyl (C=O) groups is 2. The lowest BCUT2D eigenvalue weighted by Crippen LogP contribution is -2.28. The Hall–Kier alpha value is -2.76. The van der Waals surface area contributed by atoms with Crippen LogP contribution in [-0.4, -0.2) is 18.4 Å². The molecule has 24 heavy (non-hydrogen) atoms. The highest BCUT2D eigenvalue weighted by Gasteiger charge is 2.15. The highest BCUT2D eigenvalue weighted by atomic mass is 19.2. The summed E-state index contributed by atoms with van der Waals surface area (Å²) in [7, 11) is 0. The van der Waals surface area contributed by atoms with E-state index in [0.29, 0.717) is 17.8 Å². The molecular formula is C18H18F2N2O2. The number of anilines is 1. The molecule has 2 N–H and O–H groups in total. The average molecular weight is 332 g/mol. The van der Waals surface area contributed by atoms with Crippen LogP contribution in [0, 0.1) is 17.6 Å². The van der Waals surface area contributed by atoms with Crippen LogP contribution in [0.5, 0.6) is 0 Å². The van der Waals surface area contributed by atoms with Gasteiger partial charge in [-0.1, -0.05) is 26.0 Å². The maximum Gasteiger partial charge on any atom is 0.255 e. The lowest BCUT2D eigenvalue weighted by molar-refractivity contribution is 0.0950. The first kappa shape index (κ1) is 17.6. The summed E-state index contributed by atoms with van der Waals surface area (Å²) in [5, 5.41) is 5.32. The van der Waals surface area contributed by atoms with Crippen LogP contribution < -0.4 is 10.6 Å². The molecule has 0 aliphatic heterocycles. The summed E-state index contributed by atoms with van der Waals surface area (Å²) in [6.45, 7) is 4.44. The van der Waals surface area contributed by atoms with Crippen LogP contribution in [0.15, 0.2) is 42.5 Å². The third kappa shape index (κ3) is 4.38. The molecule has 0 radical (unpaired) electrons. The van der Waals surface area contributed by atoms with E-state index in [2.05, 4.69) is 10.6 Å². The van der Waals surface area contributed by atoms with Gasteiger partial charge in [0.1, 0.15) is 0 Å². The molecule has 0 aliphatic rings. The first-order valence-corrected chi connectivity index (χ1v) is 7.52. The Morgan fingerprint density at radius 1 is 1.00 bits per heavy atom. The van der Waals surface area contributed by atoms with Crippen LogP contribution in [0.1, 0.15) is 34.6 Å². The van der Waals surface area contributed by atoms with Crippen molar-refractivity contribution in [2.75, 3.05) is 11.9 Å². The molecule has 0 aliphatic carbocycles. The fourth-order valence-corrected chi connectivity index (χ4v) is 2.01. The molecule has 0 fully saturated rings. The zero-order valence-electron chi connectivity index (χ0n) is 13.4. The van der Waals surface area contributed by atoms with Gasteiger partial charge < -0.3 is 10.6 Å². The second-order valence-electron chi connectivity index (χ2n) is 5.73. The molecule has 0 heterocycles. The van der Waals surface area contributed by atoms with Crippen LogP contribution in [0.2, 0.25) is 0 Å². The minimum atomic E-state index is -1.11. The van der Waals surface area contributed by atoms with Gasteiger partial charge in [0.25, 0.3) is 11.8 Å². The number of hydrogen-bond acceptors (Lipinski definition) is 2. The summed E-state index contributed by atoms with van der Waals surface area (Å²) in [6.07, 6.45) is 0. The van der Waals surface area contributed by atoms with Gasteiger partial charge >= 0.3 is 0 Å². The second kappa shape index (κ2) is 7.68. The van der Waals surface area contributed by atoms with E-state index in [1.54, 1.807) is 24.3 Å². The number of carbonyl (C=O) groups excluding carboxylic acids is 2. The van der Waals surface area contributed by atoms with Crippen molar-refractivity contribution < 1.29 is 18.4 Å². The molecule has 0 aromatic heterocycles. The summed E-state index contributed by atoms with van der Waals surface area (Å²) < 4.78 is 26.2. The molecule has 2 aromatic carbocycles. The summed E-state index contributed by atoms with van der Waals surface area (Å²) in [5.41, 5.74) is 0.564. The number of rotatable bonds is 5. The number of nitrogens with one attached hydrogen (secondary N) is 2. The fourth-order valence-electron chi connectivity index (χ4n) is 2.01. The molecule has 0 bridgehead atoms. The van der Waals surface area contributed by atoms with Crippen molar-refractivity contribution in [3.05, 3.63) is 65.2 Å². The minimum absolute atomic E-state index is 0.0358. The van der Waals surface area contributed by atoms with Crippen LogP contribution in [0.25, 0.3) is 0 Å². The molecular weight excluding hydrogens is 314 g/mol. The van der Waals surface area contributed by atoms with E-state index in [1.165, 1.54) is 6.07 Å². The van der Waals surface area contributed by atoms with Gasteiger partial charge in [-0.15, -0.1) is 0 Å². The molecule has 0 saturated carbocycles. The molecule has 6 heteroatoms. The van der Waals surface area contributed by atoms with Crippen molar-refractivity contribution in [2.45, 2.75) is 13.8 Å². The molecule has 0 atom stereocenters. The molecule has 0 spiro atoms. The zero-order valence-corrected chi connectivity index (χ0v) is 13.4. The topological polar surface area (TPSA) is 58.2 Å². The van der Waals surface area contributed by atoms with E-state index in [-0.39, 0.29) is 17.4 Å². The van der Waals surface area contributed by atoms with Crippen LogP contribution >= 0.6 is 0 Å². The largest absolute Gasteiger partial charge is 0.352 e. The normalized spacial score (nSPS) is 10.5. The summed E-state index contributed by atoms with van der Waals surface area (Å²) in [6, 6.07) is 9.36. The number of amides is 2. The van der Waals surface area contributed by atoms with E-state index in [1.807, 2.05) is 13.8 Å². The monoisotopic (exact) mass is 332 g/mol. The van der Waals surface area contributed by atoms with Crippen LogP contribution in [0.4, 0.5) is 14.5 Å². The van der Waals surface area contributed by atoms with E-state index in [0.717, 1.165) is 12.1 Å². The number of hydrogen-bond donors (Lipinski definition) is 2. The maximum absolute atomic E-state index is 13.2. The lowest BCUT2D eigenvalue weighted by atomic mass is 10.1. The Morgan fingerprint density at radius 2 is 1.71 bits per heavy atom. The van der Waals surface area contributed by atoms with Gasteiger partial charge in [0.05, 0.1) is 11.3 Å². The van der Waals surface area contributed by atoms with E-state index in [4.69, 9.17) is 0 Å². The fraction of sp³-hybridized carbons (Fsp3) is 0.222. The van der Waals surface area contributed by atoms with Crippen molar-refractivity contribution in [3.63, 3.8) is 0 Å². The lowest BCUT2D eigenvalue weighted by Gasteiger charge is -2.12. The first-order valence-electron chi connectivity index (χ1n) is 7.52. The van der Waals surface area contributed by atoms with Crippen LogP contribution in [0.3, 0.4) is 0 Å². The highest BCUT2D eigenvalue weighted by Crippen LogP contribution is 2.17. The second-order valence-corrected chi connectivity index (χ2v) is 5.73. The summed E-state index contributed by atoms with van der Waals surface area (Å²) in [5.74, 6) is -2.79. The van der Waals surface area contributed by atoms with Crippen molar-refractivity contribution in [3.8, 4) is 0 Å². The number of halogens is 2. The Balaban J connectivity index is 2.18. The van der Waals surface area contributed by atoms with Crippen molar-refractivity contribution in [1.82, 2.24) is 5.32 Å². The Kier molecular flexibility index (Phi) is 5.63. The van der Waals surface area contributed by atoms with Gasteiger partial charge in [-0.25, -0.2) is 8.78 Å². The van der Waals surface area contributed by atoms with Crippen molar-refractivity contribution in [1.29, 1.82) is 0 Å². The van der Waals surface area contributed by atoms with Gasteiger partial charge in [-0.2, -0.15) is 0 Å². The summed E-state index contributed by atoms with van der Waals surface area (Å²) >= 11 is 0. The van der Waals surface area contributed by atoms with Gasteiger partial charge in [-0.3, -0.25) is 9.59 Å². The quantitative estimate of drug-likeness (QED) is 0.879. The molecule has 2 amide bonds. The smallest absolute Gasteiger partial charge is 0.255 e. The van der Waals surface area contributed by atoms with Crippen molar-refractivity contribution in [2.24, 2.45) is 5.92 Å². The average Bonchev–Trinajstić information content (AvgIpc) is 2.55. The standard InChI is InChI=1S/C18H18F2N2O2/c1-11(2)10-21-18(24)13-5-3-4-6-16(13)22-17(23)12-7-8-14(19)15(20)9-12/h3-9,11H,10H2,1-2H3,(H,21,24)(H,22,23). The molecule has 4 nitrogen and oxygen atoms in total. The Bertz CT molecular complexity index is 760. The van der Waals surface area contributed by atoms with E-state index in [9.17, 15) is 18.4 Å². The van der Waals surface area contributed by atoms with Gasteiger partial charge in [0.15, 0.2) is 11.6 Å². The molecule has 2 rings (SSSR count). The van der Waals surface area contributed by atoms with E-state index < -0.39 is 17.5 Å². The predicted molar refractivity (Wildman–Crippen MR) is 87.9 cm³/mol. The predicted octanol–water partition coefficient (Wildman–Crippen LogP) is 3.60. The zero-order chi connectivity index (χ0) is 17.7. The Morgan fingerprint density at radius 3 is 2.38 bits per heavy atom. The van der Waals surface area contributed by atoms with E-state index >= 15 is 0 Å². The Labute approximate surface area is 138 Å². The van der Waals surface area contributed by atoms with Gasteiger partial charge in [0.2, 0.25) is 0 Å². The molecule has 0 saturated heterocycles. The third-order valence-corrected chi connectivity index (χ3v) is 3.27. The first-order chi connectivity index (χ1) is 11.4. The molecule has 126 valence electrons. The number of para-hydroxylation sites is 1. The maximum atomic E-state index is 13.2. The minimum Gasteiger partial charge on any atom is -0.352 e. The van der Waals surface area contributed by atoms with Gasteiger partial charge in [-0.05, 0) is 36.2 Å².